The molecular weight excluding hydrogens is 198 g/mol. The molecule has 0 unspecified atom stereocenters. The number of nitrogens with zero attached hydrogens (tertiary/aromatic N) is 1. The third kappa shape index (κ3) is 2.76. The summed E-state index contributed by atoms with van der Waals surface area (Å²) in [4.78, 5) is 2.53. The van der Waals surface area contributed by atoms with Crippen LogP contribution < -0.4 is 0 Å². The summed E-state index contributed by atoms with van der Waals surface area (Å²) in [5.41, 5.74) is 1.22. The van der Waals surface area contributed by atoms with Gasteiger partial charge in [0.25, 0.3) is 0 Å². The van der Waals surface area contributed by atoms with E-state index in [4.69, 9.17) is 0 Å². The molecule has 1 aliphatic carbocycles. The summed E-state index contributed by atoms with van der Waals surface area (Å²) >= 11 is 0. The molecule has 1 aromatic rings. The highest BCUT2D eigenvalue weighted by atomic mass is 16.3. The van der Waals surface area contributed by atoms with Gasteiger partial charge in [-0.25, -0.2) is 0 Å². The molecule has 16 heavy (non-hydrogen) atoms. The van der Waals surface area contributed by atoms with Crippen molar-refractivity contribution in [3.05, 3.63) is 29.8 Å². The Hall–Kier alpha value is -1.02. The van der Waals surface area contributed by atoms with Crippen LogP contribution in [-0.4, -0.2) is 22.6 Å². The second-order valence-electron chi connectivity index (χ2n) is 4.67. The van der Waals surface area contributed by atoms with Crippen molar-refractivity contribution in [2.24, 2.45) is 0 Å². The first-order valence-electron chi connectivity index (χ1n) is 6.31. The fourth-order valence-electron chi connectivity index (χ4n) is 2.66. The van der Waals surface area contributed by atoms with Crippen LogP contribution >= 0.6 is 0 Å². The Kier molecular flexibility index (Phi) is 3.83. The molecule has 0 amide bonds. The Balaban J connectivity index is 2.00. The van der Waals surface area contributed by atoms with Crippen LogP contribution in [-0.2, 0) is 6.54 Å². The molecule has 1 saturated carbocycles. The number of rotatable bonds is 4. The zero-order chi connectivity index (χ0) is 11.4. The van der Waals surface area contributed by atoms with Gasteiger partial charge in [-0.3, -0.25) is 4.90 Å². The van der Waals surface area contributed by atoms with E-state index in [9.17, 15) is 5.11 Å². The van der Waals surface area contributed by atoms with Gasteiger partial charge < -0.3 is 5.11 Å². The van der Waals surface area contributed by atoms with Gasteiger partial charge in [0.2, 0.25) is 0 Å². The third-order valence-electron chi connectivity index (χ3n) is 3.54. The maximum atomic E-state index is 9.45. The lowest BCUT2D eigenvalue weighted by Crippen LogP contribution is -2.32. The van der Waals surface area contributed by atoms with Crippen molar-refractivity contribution in [3.8, 4) is 5.75 Å². The molecule has 0 heterocycles. The van der Waals surface area contributed by atoms with Crippen LogP contribution in [0, 0.1) is 0 Å². The van der Waals surface area contributed by atoms with Gasteiger partial charge >= 0.3 is 0 Å². The lowest BCUT2D eigenvalue weighted by molar-refractivity contribution is 0.200. The molecule has 2 heteroatoms. The molecule has 1 N–H and O–H groups in total. The molecule has 88 valence electrons. The van der Waals surface area contributed by atoms with Crippen molar-refractivity contribution in [3.63, 3.8) is 0 Å². The smallest absolute Gasteiger partial charge is 0.115 e. The Morgan fingerprint density at radius 2 is 2.06 bits per heavy atom. The minimum Gasteiger partial charge on any atom is -0.508 e. The summed E-state index contributed by atoms with van der Waals surface area (Å²) in [5, 5.41) is 9.45. The summed E-state index contributed by atoms with van der Waals surface area (Å²) in [6.07, 6.45) is 5.43. The van der Waals surface area contributed by atoms with Gasteiger partial charge in [-0.05, 0) is 37.1 Å². The molecular formula is C14H21NO. The lowest BCUT2D eigenvalue weighted by atomic mass is 10.1. The van der Waals surface area contributed by atoms with Gasteiger partial charge in [-0.15, -0.1) is 0 Å². The van der Waals surface area contributed by atoms with Crippen molar-refractivity contribution >= 4 is 0 Å². The highest BCUT2D eigenvalue weighted by molar-refractivity contribution is 5.27. The zero-order valence-corrected chi connectivity index (χ0v) is 10.0. The number of benzene rings is 1. The minimum absolute atomic E-state index is 0.375. The van der Waals surface area contributed by atoms with E-state index in [1.807, 2.05) is 12.1 Å². The summed E-state index contributed by atoms with van der Waals surface area (Å²) in [6, 6.07) is 8.38. The maximum absolute atomic E-state index is 9.45. The first kappa shape index (κ1) is 11.5. The summed E-state index contributed by atoms with van der Waals surface area (Å²) in [5.74, 6) is 0.375. The fourth-order valence-corrected chi connectivity index (χ4v) is 2.66. The van der Waals surface area contributed by atoms with E-state index in [1.165, 1.54) is 31.2 Å². The van der Waals surface area contributed by atoms with E-state index in [0.717, 1.165) is 19.1 Å². The van der Waals surface area contributed by atoms with Crippen LogP contribution in [0.1, 0.15) is 38.2 Å². The number of hydrogen-bond donors (Lipinski definition) is 1. The normalized spacial score (nSPS) is 17.1. The monoisotopic (exact) mass is 219 g/mol. The summed E-state index contributed by atoms with van der Waals surface area (Å²) in [6.45, 7) is 4.29. The van der Waals surface area contributed by atoms with E-state index in [0.29, 0.717) is 5.75 Å². The molecule has 0 aliphatic heterocycles. The average molecular weight is 219 g/mol. The molecule has 0 spiro atoms. The topological polar surface area (TPSA) is 23.5 Å². The van der Waals surface area contributed by atoms with Crippen LogP contribution in [0.15, 0.2) is 24.3 Å². The van der Waals surface area contributed by atoms with E-state index < -0.39 is 0 Å². The number of hydrogen-bond acceptors (Lipinski definition) is 2. The highest BCUT2D eigenvalue weighted by Crippen LogP contribution is 2.25. The molecule has 0 saturated heterocycles. The van der Waals surface area contributed by atoms with Crippen LogP contribution in [0.3, 0.4) is 0 Å². The van der Waals surface area contributed by atoms with E-state index in [-0.39, 0.29) is 0 Å². The van der Waals surface area contributed by atoms with Gasteiger partial charge in [0.15, 0.2) is 0 Å². The molecule has 1 fully saturated rings. The van der Waals surface area contributed by atoms with E-state index in [1.54, 1.807) is 6.07 Å². The Labute approximate surface area is 97.9 Å². The molecule has 0 aromatic heterocycles. The SMILES string of the molecule is CCN(Cc1cccc(O)c1)C1CCCC1. The zero-order valence-electron chi connectivity index (χ0n) is 10.0. The second kappa shape index (κ2) is 5.35. The number of aromatic hydroxyl groups is 1. The van der Waals surface area contributed by atoms with Crippen LogP contribution in [0.2, 0.25) is 0 Å². The molecule has 0 atom stereocenters. The molecule has 0 bridgehead atoms. The van der Waals surface area contributed by atoms with E-state index >= 15 is 0 Å². The Morgan fingerprint density at radius 1 is 1.31 bits per heavy atom. The minimum atomic E-state index is 0.375. The Bertz CT molecular complexity index is 331. The average Bonchev–Trinajstić information content (AvgIpc) is 2.79. The standard InChI is InChI=1S/C14H21NO/c1-2-15(13-7-3-4-8-13)11-12-6-5-9-14(16)10-12/h5-6,9-10,13,16H,2-4,7-8,11H2,1H3. The first-order chi connectivity index (χ1) is 7.79. The van der Waals surface area contributed by atoms with E-state index in [2.05, 4.69) is 17.9 Å². The highest BCUT2D eigenvalue weighted by Gasteiger charge is 2.21. The molecule has 0 radical (unpaired) electrons. The van der Waals surface area contributed by atoms with Gasteiger partial charge in [0.05, 0.1) is 0 Å². The third-order valence-corrected chi connectivity index (χ3v) is 3.54. The van der Waals surface area contributed by atoms with Gasteiger partial charge in [0, 0.05) is 12.6 Å². The number of phenolic OH excluding ortho intramolecular Hbond substituents is 1. The van der Waals surface area contributed by atoms with Gasteiger partial charge in [0.1, 0.15) is 5.75 Å². The van der Waals surface area contributed by atoms with Crippen molar-refractivity contribution in [1.82, 2.24) is 4.90 Å². The predicted molar refractivity (Wildman–Crippen MR) is 66.4 cm³/mol. The molecule has 1 aromatic carbocycles. The van der Waals surface area contributed by atoms with Gasteiger partial charge in [-0.2, -0.15) is 0 Å². The quantitative estimate of drug-likeness (QED) is 0.841. The molecule has 2 nitrogen and oxygen atoms in total. The van der Waals surface area contributed by atoms with Crippen molar-refractivity contribution in [2.45, 2.75) is 45.2 Å². The summed E-state index contributed by atoms with van der Waals surface area (Å²) < 4.78 is 0. The maximum Gasteiger partial charge on any atom is 0.115 e. The largest absolute Gasteiger partial charge is 0.508 e. The van der Waals surface area contributed by atoms with Crippen molar-refractivity contribution in [1.29, 1.82) is 0 Å². The fraction of sp³-hybridized carbons (Fsp3) is 0.571. The first-order valence-corrected chi connectivity index (χ1v) is 6.31. The van der Waals surface area contributed by atoms with Crippen molar-refractivity contribution in [2.75, 3.05) is 6.54 Å². The van der Waals surface area contributed by atoms with Crippen molar-refractivity contribution < 1.29 is 5.11 Å². The lowest BCUT2D eigenvalue weighted by Gasteiger charge is -2.27. The van der Waals surface area contributed by atoms with Crippen LogP contribution in [0.4, 0.5) is 0 Å². The van der Waals surface area contributed by atoms with Gasteiger partial charge in [-0.1, -0.05) is 31.9 Å². The second-order valence-corrected chi connectivity index (χ2v) is 4.67. The molecule has 2 rings (SSSR count). The van der Waals surface area contributed by atoms with Crippen LogP contribution in [0.25, 0.3) is 0 Å². The van der Waals surface area contributed by atoms with Crippen LogP contribution in [0.5, 0.6) is 5.75 Å². The molecule has 1 aliphatic rings. The Morgan fingerprint density at radius 3 is 2.69 bits per heavy atom. The number of phenols is 1. The predicted octanol–water partition coefficient (Wildman–Crippen LogP) is 3.16. The summed E-state index contributed by atoms with van der Waals surface area (Å²) in [7, 11) is 0.